The molecule has 2 aliphatic heterocycles. The summed E-state index contributed by atoms with van der Waals surface area (Å²) in [4.78, 5) is 26.4. The number of nitrogens with zero attached hydrogens (tertiary/aromatic N) is 1. The standard InChI is InChI=1S/C20H16F3NO3/c21-20(22,23)16-9-4-1-6-13(16)17(25)24-11-5-10-19(12-24)15-8-3-2-7-14(15)18(26)27-19/h1-4,6-9H,5,10-12H2. The fourth-order valence-electron chi connectivity index (χ4n) is 3.93. The third-order valence-electron chi connectivity index (χ3n) is 5.13. The van der Waals surface area contributed by atoms with Crippen LogP contribution in [0, 0.1) is 0 Å². The van der Waals surface area contributed by atoms with Crippen molar-refractivity contribution < 1.29 is 27.5 Å². The summed E-state index contributed by atoms with van der Waals surface area (Å²) in [7, 11) is 0. The first kappa shape index (κ1) is 17.6. The maximum absolute atomic E-state index is 13.3. The number of hydrogen-bond acceptors (Lipinski definition) is 3. The first-order chi connectivity index (χ1) is 12.8. The minimum Gasteiger partial charge on any atom is -0.449 e. The number of carbonyl (C=O) groups is 2. The minimum atomic E-state index is -4.62. The molecule has 0 radical (unpaired) electrons. The van der Waals surface area contributed by atoms with Crippen LogP contribution in [0.3, 0.4) is 0 Å². The summed E-state index contributed by atoms with van der Waals surface area (Å²) in [5, 5.41) is 0. The second kappa shape index (κ2) is 6.11. The Morgan fingerprint density at radius 2 is 1.78 bits per heavy atom. The molecule has 2 aromatic rings. The zero-order chi connectivity index (χ0) is 19.2. The smallest absolute Gasteiger partial charge is 0.417 e. The summed E-state index contributed by atoms with van der Waals surface area (Å²) in [6.45, 7) is 0.354. The predicted molar refractivity (Wildman–Crippen MR) is 90.1 cm³/mol. The lowest BCUT2D eigenvalue weighted by Gasteiger charge is -2.39. The molecule has 2 aliphatic rings. The van der Waals surface area contributed by atoms with Gasteiger partial charge in [0.15, 0.2) is 5.60 Å². The van der Waals surface area contributed by atoms with E-state index in [0.29, 0.717) is 30.5 Å². The van der Waals surface area contributed by atoms with Gasteiger partial charge in [-0.1, -0.05) is 30.3 Å². The number of likely N-dealkylation sites (tertiary alicyclic amines) is 1. The van der Waals surface area contributed by atoms with Gasteiger partial charge in [0.2, 0.25) is 0 Å². The van der Waals surface area contributed by atoms with Gasteiger partial charge in [-0.25, -0.2) is 4.79 Å². The molecule has 0 aliphatic carbocycles. The average Bonchev–Trinajstić information content (AvgIpc) is 2.92. The summed E-state index contributed by atoms with van der Waals surface area (Å²) in [6.07, 6.45) is -3.56. The average molecular weight is 375 g/mol. The van der Waals surface area contributed by atoms with Crippen LogP contribution >= 0.6 is 0 Å². The van der Waals surface area contributed by atoms with Crippen LogP contribution < -0.4 is 0 Å². The van der Waals surface area contributed by atoms with Crippen LogP contribution in [0.25, 0.3) is 0 Å². The molecule has 1 amide bonds. The van der Waals surface area contributed by atoms with E-state index in [1.165, 1.54) is 23.1 Å². The number of halogens is 3. The number of esters is 1. The lowest BCUT2D eigenvalue weighted by atomic mass is 9.84. The molecule has 0 bridgehead atoms. The lowest BCUT2D eigenvalue weighted by Crippen LogP contribution is -2.49. The first-order valence-corrected chi connectivity index (χ1v) is 8.60. The van der Waals surface area contributed by atoms with Gasteiger partial charge in [0.25, 0.3) is 5.91 Å². The lowest BCUT2D eigenvalue weighted by molar-refractivity contribution is -0.138. The van der Waals surface area contributed by atoms with Crippen molar-refractivity contribution in [3.05, 3.63) is 70.8 Å². The van der Waals surface area contributed by atoms with Gasteiger partial charge >= 0.3 is 12.1 Å². The number of alkyl halides is 3. The Balaban J connectivity index is 1.68. The molecule has 1 atom stereocenters. The number of fused-ring (bicyclic) bond motifs is 2. The Morgan fingerprint density at radius 3 is 2.56 bits per heavy atom. The number of rotatable bonds is 1. The second-order valence-corrected chi connectivity index (χ2v) is 6.80. The van der Waals surface area contributed by atoms with E-state index in [1.807, 2.05) is 0 Å². The largest absolute Gasteiger partial charge is 0.449 e. The van der Waals surface area contributed by atoms with Crippen molar-refractivity contribution >= 4 is 11.9 Å². The van der Waals surface area contributed by atoms with Crippen molar-refractivity contribution in [2.75, 3.05) is 13.1 Å². The maximum Gasteiger partial charge on any atom is 0.417 e. The van der Waals surface area contributed by atoms with E-state index in [4.69, 9.17) is 4.74 Å². The van der Waals surface area contributed by atoms with Crippen molar-refractivity contribution in [2.24, 2.45) is 0 Å². The molecular weight excluding hydrogens is 359 g/mol. The molecular formula is C20H16F3NO3. The van der Waals surface area contributed by atoms with Crippen LogP contribution in [0.15, 0.2) is 48.5 Å². The summed E-state index contributed by atoms with van der Waals surface area (Å²) in [5.41, 5.74) is -1.20. The maximum atomic E-state index is 13.3. The van der Waals surface area contributed by atoms with E-state index < -0.39 is 29.2 Å². The highest BCUT2D eigenvalue weighted by Gasteiger charge is 2.49. The van der Waals surface area contributed by atoms with E-state index in [1.54, 1.807) is 24.3 Å². The molecule has 1 spiro atoms. The molecule has 0 aromatic heterocycles. The quantitative estimate of drug-likeness (QED) is 0.708. The zero-order valence-electron chi connectivity index (χ0n) is 14.3. The van der Waals surface area contributed by atoms with Crippen molar-refractivity contribution in [3.8, 4) is 0 Å². The Kier molecular flexibility index (Phi) is 3.98. The van der Waals surface area contributed by atoms with Crippen LogP contribution in [0.2, 0.25) is 0 Å². The summed E-state index contributed by atoms with van der Waals surface area (Å²) in [5.74, 6) is -1.17. The van der Waals surface area contributed by atoms with Crippen LogP contribution in [0.1, 0.15) is 44.7 Å². The van der Waals surface area contributed by atoms with Gasteiger partial charge in [-0.05, 0) is 31.0 Å². The van der Waals surface area contributed by atoms with Gasteiger partial charge in [-0.2, -0.15) is 13.2 Å². The molecule has 1 unspecified atom stereocenters. The van der Waals surface area contributed by atoms with E-state index in [9.17, 15) is 22.8 Å². The fraction of sp³-hybridized carbons (Fsp3) is 0.300. The Morgan fingerprint density at radius 1 is 1.07 bits per heavy atom. The minimum absolute atomic E-state index is 0.0424. The third kappa shape index (κ3) is 2.87. The molecule has 1 saturated heterocycles. The molecule has 27 heavy (non-hydrogen) atoms. The monoisotopic (exact) mass is 375 g/mol. The molecule has 4 rings (SSSR count). The number of piperidine rings is 1. The molecule has 2 aromatic carbocycles. The highest BCUT2D eigenvalue weighted by Crippen LogP contribution is 2.43. The fourth-order valence-corrected chi connectivity index (χ4v) is 3.93. The Bertz CT molecular complexity index is 925. The summed E-state index contributed by atoms with van der Waals surface area (Å²) >= 11 is 0. The Labute approximate surface area is 153 Å². The SMILES string of the molecule is O=C1OC2(CCCN(C(=O)c3ccccc3C(F)(F)F)C2)c2ccccc21. The third-order valence-corrected chi connectivity index (χ3v) is 5.13. The molecule has 1 fully saturated rings. The van der Waals surface area contributed by atoms with Crippen LogP contribution in [0.5, 0.6) is 0 Å². The number of carbonyl (C=O) groups excluding carboxylic acids is 2. The predicted octanol–water partition coefficient (Wildman–Crippen LogP) is 4.01. The highest BCUT2D eigenvalue weighted by molar-refractivity contribution is 5.97. The van der Waals surface area contributed by atoms with Crippen molar-refractivity contribution in [2.45, 2.75) is 24.6 Å². The molecule has 7 heteroatoms. The Hall–Kier alpha value is -2.83. The van der Waals surface area contributed by atoms with Gasteiger partial charge < -0.3 is 9.64 Å². The normalized spacial score (nSPS) is 21.9. The van der Waals surface area contributed by atoms with Crippen LogP contribution in [0.4, 0.5) is 13.2 Å². The first-order valence-electron chi connectivity index (χ1n) is 8.60. The zero-order valence-corrected chi connectivity index (χ0v) is 14.3. The number of ether oxygens (including phenoxy) is 1. The topological polar surface area (TPSA) is 46.6 Å². The van der Waals surface area contributed by atoms with E-state index in [2.05, 4.69) is 0 Å². The van der Waals surface area contributed by atoms with Crippen LogP contribution in [-0.2, 0) is 16.5 Å². The van der Waals surface area contributed by atoms with E-state index in [-0.39, 0.29) is 12.1 Å². The summed E-state index contributed by atoms with van der Waals surface area (Å²) < 4.78 is 45.5. The van der Waals surface area contributed by atoms with E-state index in [0.717, 1.165) is 6.07 Å². The van der Waals surface area contributed by atoms with Gasteiger partial charge in [-0.3, -0.25) is 4.79 Å². The molecule has 0 saturated carbocycles. The molecule has 140 valence electrons. The van der Waals surface area contributed by atoms with Gasteiger partial charge in [0.1, 0.15) is 0 Å². The molecule has 2 heterocycles. The number of benzene rings is 2. The number of amides is 1. The molecule has 0 N–H and O–H groups in total. The van der Waals surface area contributed by atoms with Crippen LogP contribution in [-0.4, -0.2) is 29.9 Å². The molecule has 4 nitrogen and oxygen atoms in total. The second-order valence-electron chi connectivity index (χ2n) is 6.80. The van der Waals surface area contributed by atoms with Crippen molar-refractivity contribution in [1.29, 1.82) is 0 Å². The highest BCUT2D eigenvalue weighted by atomic mass is 19.4. The number of hydrogen-bond donors (Lipinski definition) is 0. The van der Waals surface area contributed by atoms with Gasteiger partial charge in [0, 0.05) is 12.1 Å². The summed E-state index contributed by atoms with van der Waals surface area (Å²) in [6, 6.07) is 11.7. The van der Waals surface area contributed by atoms with Gasteiger partial charge in [0.05, 0.1) is 23.2 Å². The van der Waals surface area contributed by atoms with Crippen molar-refractivity contribution in [1.82, 2.24) is 4.90 Å². The van der Waals surface area contributed by atoms with Crippen molar-refractivity contribution in [3.63, 3.8) is 0 Å². The van der Waals surface area contributed by atoms with Gasteiger partial charge in [-0.15, -0.1) is 0 Å². The van der Waals surface area contributed by atoms with E-state index >= 15 is 0 Å².